The molecule has 0 unspecified atom stereocenters. The summed E-state index contributed by atoms with van der Waals surface area (Å²) >= 11 is 5.88. The average Bonchev–Trinajstić information content (AvgIpc) is 2.87. The highest BCUT2D eigenvalue weighted by Gasteiger charge is 2.07. The summed E-state index contributed by atoms with van der Waals surface area (Å²) in [4.78, 5) is 15.4. The van der Waals surface area contributed by atoms with E-state index in [1.165, 1.54) is 0 Å². The van der Waals surface area contributed by atoms with Gasteiger partial charge in [0.05, 0.1) is 17.8 Å². The van der Waals surface area contributed by atoms with Gasteiger partial charge in [-0.2, -0.15) is 0 Å². The van der Waals surface area contributed by atoms with Crippen LogP contribution in [0.15, 0.2) is 24.7 Å². The molecular formula is C13H16ClN5O. The van der Waals surface area contributed by atoms with Crippen molar-refractivity contribution >= 4 is 17.5 Å². The second-order valence-electron chi connectivity index (χ2n) is 4.70. The second kappa shape index (κ2) is 6.47. The van der Waals surface area contributed by atoms with Crippen LogP contribution in [0.3, 0.4) is 0 Å². The van der Waals surface area contributed by atoms with Gasteiger partial charge in [-0.3, -0.25) is 14.5 Å². The monoisotopic (exact) mass is 293 g/mol. The number of halogens is 1. The van der Waals surface area contributed by atoms with Crippen LogP contribution in [0.2, 0.25) is 5.02 Å². The number of pyridine rings is 1. The van der Waals surface area contributed by atoms with E-state index < -0.39 is 0 Å². The van der Waals surface area contributed by atoms with Crippen molar-refractivity contribution in [1.29, 1.82) is 0 Å². The SMILES string of the molecule is CC(C)C(=O)NCCn1cc(-c2cncc(Cl)c2)nn1. The molecule has 0 radical (unpaired) electrons. The Labute approximate surface area is 122 Å². The van der Waals surface area contributed by atoms with E-state index >= 15 is 0 Å². The summed E-state index contributed by atoms with van der Waals surface area (Å²) in [5, 5.41) is 11.5. The summed E-state index contributed by atoms with van der Waals surface area (Å²) in [6.45, 7) is 4.80. The lowest BCUT2D eigenvalue weighted by atomic mass is 10.2. The molecule has 2 aromatic rings. The largest absolute Gasteiger partial charge is 0.354 e. The van der Waals surface area contributed by atoms with Crippen LogP contribution < -0.4 is 5.32 Å². The van der Waals surface area contributed by atoms with Gasteiger partial charge in [-0.1, -0.05) is 30.7 Å². The molecule has 2 aromatic heterocycles. The molecule has 0 saturated heterocycles. The van der Waals surface area contributed by atoms with Gasteiger partial charge in [-0.25, -0.2) is 0 Å². The molecule has 106 valence electrons. The first kappa shape index (κ1) is 14.5. The number of carbonyl (C=O) groups excluding carboxylic acids is 1. The van der Waals surface area contributed by atoms with Crippen LogP contribution in [0.5, 0.6) is 0 Å². The van der Waals surface area contributed by atoms with E-state index in [1.807, 2.05) is 13.8 Å². The van der Waals surface area contributed by atoms with E-state index in [0.717, 1.165) is 5.56 Å². The quantitative estimate of drug-likeness (QED) is 0.912. The summed E-state index contributed by atoms with van der Waals surface area (Å²) in [5.41, 5.74) is 1.52. The lowest BCUT2D eigenvalue weighted by Crippen LogP contribution is -2.30. The molecule has 2 heterocycles. The van der Waals surface area contributed by atoms with Crippen molar-refractivity contribution in [2.75, 3.05) is 6.54 Å². The minimum atomic E-state index is -0.0150. The van der Waals surface area contributed by atoms with Gasteiger partial charge in [0.25, 0.3) is 0 Å². The molecule has 0 spiro atoms. The molecule has 20 heavy (non-hydrogen) atoms. The molecule has 0 bridgehead atoms. The van der Waals surface area contributed by atoms with Gasteiger partial charge < -0.3 is 5.32 Å². The van der Waals surface area contributed by atoms with Crippen LogP contribution in [0, 0.1) is 5.92 Å². The molecule has 0 fully saturated rings. The van der Waals surface area contributed by atoms with Gasteiger partial charge in [0.2, 0.25) is 5.91 Å². The zero-order valence-corrected chi connectivity index (χ0v) is 12.1. The van der Waals surface area contributed by atoms with E-state index in [2.05, 4.69) is 20.6 Å². The minimum absolute atomic E-state index is 0.0150. The maximum absolute atomic E-state index is 11.4. The van der Waals surface area contributed by atoms with Crippen molar-refractivity contribution in [2.24, 2.45) is 5.92 Å². The maximum Gasteiger partial charge on any atom is 0.222 e. The van der Waals surface area contributed by atoms with Gasteiger partial charge in [-0.05, 0) is 6.07 Å². The molecule has 6 nitrogen and oxygen atoms in total. The second-order valence-corrected chi connectivity index (χ2v) is 5.14. The highest BCUT2D eigenvalue weighted by molar-refractivity contribution is 6.30. The van der Waals surface area contributed by atoms with Crippen molar-refractivity contribution in [1.82, 2.24) is 25.3 Å². The Morgan fingerprint density at radius 1 is 1.45 bits per heavy atom. The first-order valence-corrected chi connectivity index (χ1v) is 6.73. The summed E-state index contributed by atoms with van der Waals surface area (Å²) in [7, 11) is 0. The summed E-state index contributed by atoms with van der Waals surface area (Å²) < 4.78 is 1.68. The van der Waals surface area contributed by atoms with Gasteiger partial charge in [0.1, 0.15) is 5.69 Å². The zero-order valence-electron chi connectivity index (χ0n) is 11.4. The van der Waals surface area contributed by atoms with Crippen molar-refractivity contribution in [3.8, 4) is 11.3 Å². The van der Waals surface area contributed by atoms with Crippen LogP contribution in [-0.2, 0) is 11.3 Å². The Balaban J connectivity index is 1.94. The number of amides is 1. The normalized spacial score (nSPS) is 10.8. The summed E-state index contributed by atoms with van der Waals surface area (Å²) in [6, 6.07) is 1.78. The van der Waals surface area contributed by atoms with Crippen molar-refractivity contribution in [3.05, 3.63) is 29.7 Å². The zero-order chi connectivity index (χ0) is 14.5. The van der Waals surface area contributed by atoms with Gasteiger partial charge in [-0.15, -0.1) is 5.10 Å². The van der Waals surface area contributed by atoms with Crippen LogP contribution in [0.4, 0.5) is 0 Å². The number of nitrogens with zero attached hydrogens (tertiary/aromatic N) is 4. The minimum Gasteiger partial charge on any atom is -0.354 e. The molecule has 1 N–H and O–H groups in total. The van der Waals surface area contributed by atoms with E-state index in [9.17, 15) is 4.79 Å². The van der Waals surface area contributed by atoms with Crippen LogP contribution >= 0.6 is 11.6 Å². The molecular weight excluding hydrogens is 278 g/mol. The number of rotatable bonds is 5. The Hall–Kier alpha value is -1.95. The Morgan fingerprint density at radius 2 is 2.25 bits per heavy atom. The molecule has 0 saturated carbocycles. The lowest BCUT2D eigenvalue weighted by Gasteiger charge is -2.06. The number of hydrogen-bond donors (Lipinski definition) is 1. The van der Waals surface area contributed by atoms with Crippen LogP contribution in [0.1, 0.15) is 13.8 Å². The summed E-state index contributed by atoms with van der Waals surface area (Å²) in [6.07, 6.45) is 5.05. The maximum atomic E-state index is 11.4. The standard InChI is InChI=1S/C13H16ClN5O/c1-9(2)13(20)16-3-4-19-8-12(17-18-19)10-5-11(14)7-15-6-10/h5-9H,3-4H2,1-2H3,(H,16,20). The predicted molar refractivity (Wildman–Crippen MR) is 76.1 cm³/mol. The first-order valence-electron chi connectivity index (χ1n) is 6.35. The average molecular weight is 294 g/mol. The first-order chi connectivity index (χ1) is 9.56. The van der Waals surface area contributed by atoms with E-state index in [0.29, 0.717) is 23.8 Å². The fourth-order valence-corrected chi connectivity index (χ4v) is 1.76. The predicted octanol–water partition coefficient (Wildman–Crippen LogP) is 1.77. The third kappa shape index (κ3) is 3.77. The molecule has 0 aliphatic carbocycles. The number of nitrogens with one attached hydrogen (secondary N) is 1. The highest BCUT2D eigenvalue weighted by Crippen LogP contribution is 2.18. The van der Waals surface area contributed by atoms with E-state index in [4.69, 9.17) is 11.6 Å². The van der Waals surface area contributed by atoms with Crippen LogP contribution in [-0.4, -0.2) is 32.4 Å². The Morgan fingerprint density at radius 3 is 2.95 bits per heavy atom. The van der Waals surface area contributed by atoms with Crippen molar-refractivity contribution in [2.45, 2.75) is 20.4 Å². The molecule has 0 aliphatic rings. The Bertz CT molecular complexity index is 596. The molecule has 7 heteroatoms. The fraction of sp³-hybridized carbons (Fsp3) is 0.385. The van der Waals surface area contributed by atoms with E-state index in [-0.39, 0.29) is 11.8 Å². The smallest absolute Gasteiger partial charge is 0.222 e. The number of hydrogen-bond acceptors (Lipinski definition) is 4. The van der Waals surface area contributed by atoms with Gasteiger partial charge >= 0.3 is 0 Å². The topological polar surface area (TPSA) is 72.7 Å². The molecule has 0 atom stereocenters. The van der Waals surface area contributed by atoms with Crippen LogP contribution in [0.25, 0.3) is 11.3 Å². The Kier molecular flexibility index (Phi) is 4.68. The van der Waals surface area contributed by atoms with Gasteiger partial charge in [0.15, 0.2) is 0 Å². The molecule has 0 aromatic carbocycles. The number of aromatic nitrogens is 4. The van der Waals surface area contributed by atoms with E-state index in [1.54, 1.807) is 29.3 Å². The summed E-state index contributed by atoms with van der Waals surface area (Å²) in [5.74, 6) is 0.0169. The van der Waals surface area contributed by atoms with Crippen molar-refractivity contribution in [3.63, 3.8) is 0 Å². The highest BCUT2D eigenvalue weighted by atomic mass is 35.5. The molecule has 0 aliphatic heterocycles. The van der Waals surface area contributed by atoms with Gasteiger partial charge in [0, 0.05) is 30.4 Å². The lowest BCUT2D eigenvalue weighted by molar-refractivity contribution is -0.124. The third-order valence-electron chi connectivity index (χ3n) is 2.70. The molecule has 1 amide bonds. The number of carbonyl (C=O) groups is 1. The third-order valence-corrected chi connectivity index (χ3v) is 2.91. The van der Waals surface area contributed by atoms with Crippen molar-refractivity contribution < 1.29 is 4.79 Å². The fourth-order valence-electron chi connectivity index (χ4n) is 1.59. The molecule has 2 rings (SSSR count).